The highest BCUT2D eigenvalue weighted by molar-refractivity contribution is 6.06. The highest BCUT2D eigenvalue weighted by Gasteiger charge is 2.15. The van der Waals surface area contributed by atoms with E-state index in [9.17, 15) is 20.4 Å². The van der Waals surface area contributed by atoms with Crippen molar-refractivity contribution in [3.63, 3.8) is 0 Å². The van der Waals surface area contributed by atoms with E-state index < -0.39 is 0 Å². The van der Waals surface area contributed by atoms with Gasteiger partial charge in [-0.3, -0.25) is 0 Å². The molecule has 0 aliphatic heterocycles. The van der Waals surface area contributed by atoms with Crippen LogP contribution in [0.5, 0.6) is 23.0 Å². The lowest BCUT2D eigenvalue weighted by Crippen LogP contribution is -1.76. The third-order valence-corrected chi connectivity index (χ3v) is 3.84. The van der Waals surface area contributed by atoms with Gasteiger partial charge < -0.3 is 30.4 Å². The van der Waals surface area contributed by atoms with Crippen molar-refractivity contribution < 1.29 is 20.4 Å². The van der Waals surface area contributed by atoms with Gasteiger partial charge in [0.1, 0.15) is 0 Å². The molecule has 0 spiro atoms. The molecule has 0 atom stereocenters. The summed E-state index contributed by atoms with van der Waals surface area (Å²) in [6.07, 6.45) is 3.52. The summed E-state index contributed by atoms with van der Waals surface area (Å²) in [5, 5.41) is 40.0. The summed E-state index contributed by atoms with van der Waals surface area (Å²) in [6.45, 7) is 4.00. The van der Waals surface area contributed by atoms with Crippen molar-refractivity contribution in [3.05, 3.63) is 36.7 Å². The lowest BCUT2D eigenvalue weighted by Gasteiger charge is -2.02. The third kappa shape index (κ3) is 2.28. The van der Waals surface area contributed by atoms with Crippen LogP contribution in [0.4, 0.5) is 0 Å². The smallest absolute Gasteiger partial charge is 0.159 e. The Bertz CT molecular complexity index is 947. The van der Waals surface area contributed by atoms with Gasteiger partial charge in [-0.25, -0.2) is 0 Å². The molecule has 2 aromatic heterocycles. The van der Waals surface area contributed by atoms with E-state index in [1.165, 1.54) is 24.3 Å². The average Bonchev–Trinajstić information content (AvgIpc) is 3.14. The number of phenolic OH excluding ortho intramolecular Hbond substituents is 4. The molecule has 4 rings (SSSR count). The fourth-order valence-corrected chi connectivity index (χ4v) is 2.74. The Balaban J connectivity index is 0.000000815. The molecular formula is C18H18N2O4. The zero-order valence-corrected chi connectivity index (χ0v) is 13.3. The summed E-state index contributed by atoms with van der Waals surface area (Å²) in [6, 6.07) is 5.86. The first-order chi connectivity index (χ1) is 11.5. The van der Waals surface area contributed by atoms with Crippen LogP contribution in [0.3, 0.4) is 0 Å². The zero-order valence-electron chi connectivity index (χ0n) is 13.3. The summed E-state index contributed by atoms with van der Waals surface area (Å²) < 4.78 is 0. The van der Waals surface area contributed by atoms with Crippen molar-refractivity contribution in [2.45, 2.75) is 13.8 Å². The maximum absolute atomic E-state index is 9.71. The summed E-state index contributed by atoms with van der Waals surface area (Å²) >= 11 is 0. The largest absolute Gasteiger partial charge is 0.504 e. The van der Waals surface area contributed by atoms with E-state index in [2.05, 4.69) is 9.97 Å². The lowest BCUT2D eigenvalue weighted by molar-refractivity contribution is 0.405. The number of aromatic amines is 2. The minimum absolute atomic E-state index is 0.192. The van der Waals surface area contributed by atoms with Gasteiger partial charge in [0, 0.05) is 57.5 Å². The highest BCUT2D eigenvalue weighted by atomic mass is 16.3. The number of fused-ring (bicyclic) bond motifs is 2. The monoisotopic (exact) mass is 326 g/mol. The summed E-state index contributed by atoms with van der Waals surface area (Å²) in [5.41, 5.74) is 2.98. The Morgan fingerprint density at radius 1 is 0.583 bits per heavy atom. The number of benzene rings is 2. The highest BCUT2D eigenvalue weighted by Crippen LogP contribution is 2.40. The Kier molecular flexibility index (Phi) is 3.73. The van der Waals surface area contributed by atoms with E-state index in [4.69, 9.17) is 0 Å². The van der Waals surface area contributed by atoms with Crippen LogP contribution < -0.4 is 0 Å². The van der Waals surface area contributed by atoms with Crippen molar-refractivity contribution in [3.8, 4) is 34.1 Å². The second-order valence-electron chi connectivity index (χ2n) is 5.18. The molecule has 0 fully saturated rings. The molecule has 2 aromatic carbocycles. The van der Waals surface area contributed by atoms with Crippen LogP contribution in [0.1, 0.15) is 13.8 Å². The topological polar surface area (TPSA) is 112 Å². The maximum atomic E-state index is 9.71. The van der Waals surface area contributed by atoms with Gasteiger partial charge in [0.25, 0.3) is 0 Å². The Morgan fingerprint density at radius 3 is 1.29 bits per heavy atom. The summed E-state index contributed by atoms with van der Waals surface area (Å²) in [5.74, 6) is -0.785. The minimum atomic E-state index is -0.200. The van der Waals surface area contributed by atoms with E-state index in [-0.39, 0.29) is 23.0 Å². The Morgan fingerprint density at radius 2 is 0.917 bits per heavy atom. The Hall–Kier alpha value is -3.28. The molecule has 6 heteroatoms. The van der Waals surface area contributed by atoms with Crippen LogP contribution in [0.15, 0.2) is 36.7 Å². The maximum Gasteiger partial charge on any atom is 0.159 e. The predicted molar refractivity (Wildman–Crippen MR) is 93.6 cm³/mol. The number of rotatable bonds is 1. The second kappa shape index (κ2) is 5.73. The molecule has 0 unspecified atom stereocenters. The molecule has 0 radical (unpaired) electrons. The third-order valence-electron chi connectivity index (χ3n) is 3.84. The van der Waals surface area contributed by atoms with Crippen LogP contribution in [0.25, 0.3) is 32.9 Å². The van der Waals surface area contributed by atoms with E-state index in [0.29, 0.717) is 11.0 Å². The van der Waals surface area contributed by atoms with Gasteiger partial charge in [0.2, 0.25) is 0 Å². The van der Waals surface area contributed by atoms with Crippen LogP contribution in [0, 0.1) is 0 Å². The summed E-state index contributed by atoms with van der Waals surface area (Å²) in [4.78, 5) is 6.08. The second-order valence-corrected chi connectivity index (χ2v) is 5.18. The van der Waals surface area contributed by atoms with Crippen molar-refractivity contribution in [1.29, 1.82) is 0 Å². The number of H-pyrrole nitrogens is 2. The van der Waals surface area contributed by atoms with E-state index in [1.807, 2.05) is 13.8 Å². The minimum Gasteiger partial charge on any atom is -0.504 e. The lowest BCUT2D eigenvalue weighted by atomic mass is 10.0. The molecule has 24 heavy (non-hydrogen) atoms. The standard InChI is InChI=1S/C16H12N2O4.C2H6/c19-13-1-7-9(5-17-11(7)3-15(13)21)10-6-18-12-4-16(22)14(20)2-8(10)12;1-2/h1-6,17-22H;1-2H3. The molecular weight excluding hydrogens is 308 g/mol. The number of hydrogen-bond acceptors (Lipinski definition) is 4. The number of phenols is 4. The molecule has 124 valence electrons. The molecule has 6 nitrogen and oxygen atoms in total. The Labute approximate surface area is 137 Å². The first-order valence-corrected chi connectivity index (χ1v) is 7.61. The van der Waals surface area contributed by atoms with Crippen LogP contribution in [0.2, 0.25) is 0 Å². The predicted octanol–water partition coefficient (Wildman–Crippen LogP) is 4.16. The van der Waals surface area contributed by atoms with Crippen molar-refractivity contribution in [2.24, 2.45) is 0 Å². The molecule has 0 aliphatic carbocycles. The van der Waals surface area contributed by atoms with Gasteiger partial charge in [0.15, 0.2) is 23.0 Å². The van der Waals surface area contributed by atoms with Gasteiger partial charge in [-0.05, 0) is 12.1 Å². The number of aromatic hydroxyl groups is 4. The zero-order chi connectivity index (χ0) is 17.4. The van der Waals surface area contributed by atoms with Gasteiger partial charge in [-0.2, -0.15) is 0 Å². The van der Waals surface area contributed by atoms with Gasteiger partial charge in [0.05, 0.1) is 0 Å². The normalized spacial score (nSPS) is 10.8. The van der Waals surface area contributed by atoms with E-state index in [1.54, 1.807) is 12.4 Å². The fraction of sp³-hybridized carbons (Fsp3) is 0.111. The molecule has 0 bridgehead atoms. The number of aromatic nitrogens is 2. The van der Waals surface area contributed by atoms with Crippen molar-refractivity contribution in [1.82, 2.24) is 9.97 Å². The van der Waals surface area contributed by atoms with E-state index >= 15 is 0 Å². The van der Waals surface area contributed by atoms with E-state index in [0.717, 1.165) is 21.9 Å². The van der Waals surface area contributed by atoms with Gasteiger partial charge in [-0.1, -0.05) is 13.8 Å². The van der Waals surface area contributed by atoms with Crippen LogP contribution >= 0.6 is 0 Å². The first-order valence-electron chi connectivity index (χ1n) is 7.61. The molecule has 2 heterocycles. The number of nitrogens with one attached hydrogen (secondary N) is 2. The average molecular weight is 326 g/mol. The quantitative estimate of drug-likeness (QED) is 0.295. The summed E-state index contributed by atoms with van der Waals surface area (Å²) in [7, 11) is 0. The fourth-order valence-electron chi connectivity index (χ4n) is 2.74. The number of hydrogen-bond donors (Lipinski definition) is 6. The molecule has 0 saturated heterocycles. The molecule has 6 N–H and O–H groups in total. The van der Waals surface area contributed by atoms with Gasteiger partial charge in [-0.15, -0.1) is 0 Å². The van der Waals surface area contributed by atoms with Crippen molar-refractivity contribution >= 4 is 21.8 Å². The molecule has 4 aromatic rings. The SMILES string of the molecule is CC.Oc1cc2[nH]cc(-c3c[nH]c4cc(O)c(O)cc34)c2cc1O. The molecule has 0 saturated carbocycles. The molecule has 0 aliphatic rings. The molecule has 0 amide bonds. The van der Waals surface area contributed by atoms with Gasteiger partial charge >= 0.3 is 0 Å². The first kappa shape index (κ1) is 15.6. The van der Waals surface area contributed by atoms with Crippen molar-refractivity contribution in [2.75, 3.05) is 0 Å². The van der Waals surface area contributed by atoms with Crippen LogP contribution in [-0.2, 0) is 0 Å². The van der Waals surface area contributed by atoms with Crippen LogP contribution in [-0.4, -0.2) is 30.4 Å².